The summed E-state index contributed by atoms with van der Waals surface area (Å²) in [5, 5.41) is -0.0483. The van der Waals surface area contributed by atoms with Gasteiger partial charge in [-0.2, -0.15) is 13.1 Å². The van der Waals surface area contributed by atoms with Crippen molar-refractivity contribution < 1.29 is 26.7 Å². The molecule has 1 aromatic carbocycles. The molecule has 2 aliphatic rings. The van der Waals surface area contributed by atoms with Gasteiger partial charge in [-0.1, -0.05) is 46.2 Å². The van der Waals surface area contributed by atoms with E-state index >= 15 is 0 Å². The highest BCUT2D eigenvalue weighted by atomic mass is 35.5. The number of amides is 1. The Morgan fingerprint density at radius 2 is 1.58 bits per heavy atom. The average Bonchev–Trinajstić information content (AvgIpc) is 2.78. The van der Waals surface area contributed by atoms with E-state index in [0.717, 1.165) is 70.2 Å². The molecule has 1 aromatic rings. The lowest BCUT2D eigenvalue weighted by atomic mass is 9.87. The zero-order valence-corrected chi connectivity index (χ0v) is 24.0. The number of nitrogens with zero attached hydrogens (tertiary/aromatic N) is 2. The van der Waals surface area contributed by atoms with Crippen molar-refractivity contribution in [3.05, 3.63) is 28.8 Å². The number of likely N-dealkylation sites (tertiary alicyclic amines) is 1. The first kappa shape index (κ1) is 29.5. The van der Waals surface area contributed by atoms with Crippen molar-refractivity contribution in [1.29, 1.82) is 0 Å². The molecule has 0 bridgehead atoms. The van der Waals surface area contributed by atoms with Gasteiger partial charge in [-0.05, 0) is 70.4 Å². The molecule has 0 spiro atoms. The van der Waals surface area contributed by atoms with Gasteiger partial charge in [0.2, 0.25) is 10.0 Å². The second-order valence-electron chi connectivity index (χ2n) is 11.0. The third-order valence-corrected chi connectivity index (χ3v) is 9.71. The molecular weight excluding hydrogens is 529 g/mol. The van der Waals surface area contributed by atoms with Crippen LogP contribution in [0.15, 0.2) is 23.1 Å². The van der Waals surface area contributed by atoms with E-state index in [2.05, 4.69) is 0 Å². The Balaban J connectivity index is 1.43. The van der Waals surface area contributed by atoms with Crippen LogP contribution < -0.4 is 0 Å². The molecule has 204 valence electrons. The topological polar surface area (TPSA) is 66.9 Å². The Morgan fingerprint density at radius 1 is 1.06 bits per heavy atom. The molecule has 2 heterocycles. The number of alkyl halides is 2. The van der Waals surface area contributed by atoms with Crippen molar-refractivity contribution in [1.82, 2.24) is 9.21 Å². The molecule has 1 atom stereocenters. The Bertz CT molecular complexity index is 1010. The van der Waals surface area contributed by atoms with Crippen molar-refractivity contribution >= 4 is 37.0 Å². The third-order valence-electron chi connectivity index (χ3n) is 7.00. The molecule has 2 saturated heterocycles. The summed E-state index contributed by atoms with van der Waals surface area (Å²) in [6, 6.07) is 3.33. The van der Waals surface area contributed by atoms with Gasteiger partial charge in [0, 0.05) is 31.7 Å². The van der Waals surface area contributed by atoms with Gasteiger partial charge in [-0.15, -0.1) is 0 Å². The zero-order chi connectivity index (χ0) is 26.7. The molecule has 0 aliphatic carbocycles. The molecule has 3 rings (SSSR count). The summed E-state index contributed by atoms with van der Waals surface area (Å²) in [5.41, 5.74) is -4.11. The Labute approximate surface area is 221 Å². The molecule has 1 amide bonds. The Morgan fingerprint density at radius 3 is 2.08 bits per heavy atom. The van der Waals surface area contributed by atoms with Crippen LogP contribution in [0.1, 0.15) is 71.3 Å². The van der Waals surface area contributed by atoms with E-state index < -0.39 is 26.9 Å². The maximum Gasteiger partial charge on any atom is 0.410 e. The Kier molecular flexibility index (Phi) is 9.68. The quantitative estimate of drug-likeness (QED) is 0.354. The summed E-state index contributed by atoms with van der Waals surface area (Å²) >= 11 is 6.09. The van der Waals surface area contributed by atoms with Crippen LogP contribution in [0.5, 0.6) is 0 Å². The number of carbonyl (C=O) groups is 1. The number of hydrogen-bond acceptors (Lipinski definition) is 4. The molecule has 6 nitrogen and oxygen atoms in total. The van der Waals surface area contributed by atoms with Crippen LogP contribution in [0.3, 0.4) is 0 Å². The maximum absolute atomic E-state index is 13.7. The predicted octanol–water partition coefficient (Wildman–Crippen LogP) is 6.48. The van der Waals surface area contributed by atoms with Crippen molar-refractivity contribution in [3.63, 3.8) is 0 Å². The number of ether oxygens (including phenoxy) is 1. The lowest BCUT2D eigenvalue weighted by molar-refractivity contribution is 0.0180. The van der Waals surface area contributed by atoms with Crippen LogP contribution in [0.25, 0.3) is 0 Å². The Hall–Kier alpha value is -1.02. The summed E-state index contributed by atoms with van der Waals surface area (Å²) in [6.07, 6.45) is 6.42. The number of benzene rings is 1. The number of piperidine rings is 2. The van der Waals surface area contributed by atoms with Crippen LogP contribution in [0, 0.1) is 11.8 Å². The van der Waals surface area contributed by atoms with Crippen molar-refractivity contribution in [2.45, 2.75) is 81.9 Å². The molecule has 0 aromatic heterocycles. The smallest absolute Gasteiger partial charge is 0.410 e. The lowest BCUT2D eigenvalue weighted by Crippen LogP contribution is -2.41. The molecule has 11 heteroatoms. The molecule has 36 heavy (non-hydrogen) atoms. The number of sulfonamides is 1. The first-order valence-corrected chi connectivity index (χ1v) is 15.0. The minimum absolute atomic E-state index is 0.0483. The largest absolute Gasteiger partial charge is 0.444 e. The molecular formula is C25H38ClF2N2O4PS. The molecule has 0 saturated carbocycles. The average molecular weight is 567 g/mol. The van der Waals surface area contributed by atoms with E-state index in [1.807, 2.05) is 20.8 Å². The van der Waals surface area contributed by atoms with Crippen molar-refractivity contribution in [3.8, 4) is 0 Å². The van der Waals surface area contributed by atoms with Gasteiger partial charge < -0.3 is 9.64 Å². The monoisotopic (exact) mass is 566 g/mol. The minimum atomic E-state index is -3.94. The fraction of sp³-hybridized carbons (Fsp3) is 0.720. The third kappa shape index (κ3) is 7.99. The number of hydrogen-bond donors (Lipinski definition) is 0. The summed E-state index contributed by atoms with van der Waals surface area (Å²) in [5.74, 6) is 1.03. The van der Waals surface area contributed by atoms with E-state index in [1.54, 1.807) is 4.90 Å². The first-order valence-electron chi connectivity index (χ1n) is 12.6. The summed E-state index contributed by atoms with van der Waals surface area (Å²) in [4.78, 5) is 13.8. The normalized spacial score (nSPS) is 19.5. The van der Waals surface area contributed by atoms with Gasteiger partial charge >= 0.3 is 6.09 Å². The van der Waals surface area contributed by atoms with E-state index in [-0.39, 0.29) is 16.0 Å². The highest BCUT2D eigenvalue weighted by molar-refractivity contribution is 7.89. The van der Waals surface area contributed by atoms with Gasteiger partial charge in [0.1, 0.15) is 10.5 Å². The minimum Gasteiger partial charge on any atom is -0.444 e. The molecule has 1 unspecified atom stereocenters. The second kappa shape index (κ2) is 11.8. The number of carbonyl (C=O) groups excluding carboxylic acids is 1. The maximum atomic E-state index is 13.7. The van der Waals surface area contributed by atoms with Crippen molar-refractivity contribution in [2.75, 3.05) is 26.2 Å². The summed E-state index contributed by atoms with van der Waals surface area (Å²) in [7, 11) is -2.52. The lowest BCUT2D eigenvalue weighted by Gasteiger charge is -2.34. The van der Waals surface area contributed by atoms with Crippen LogP contribution in [0.4, 0.5) is 13.6 Å². The fourth-order valence-corrected chi connectivity index (χ4v) is 7.06. The predicted molar refractivity (Wildman–Crippen MR) is 141 cm³/mol. The highest BCUT2D eigenvalue weighted by Gasteiger charge is 2.34. The number of rotatable bonds is 7. The summed E-state index contributed by atoms with van der Waals surface area (Å²) < 4.78 is 60.5. The van der Waals surface area contributed by atoms with Gasteiger partial charge in [0.05, 0.1) is 5.02 Å². The fourth-order valence-electron chi connectivity index (χ4n) is 4.91. The van der Waals surface area contributed by atoms with Crippen LogP contribution in [-0.2, 0) is 20.4 Å². The van der Waals surface area contributed by atoms with Crippen LogP contribution >= 0.6 is 20.8 Å². The zero-order valence-electron chi connectivity index (χ0n) is 21.3. The van der Waals surface area contributed by atoms with E-state index in [9.17, 15) is 22.0 Å². The highest BCUT2D eigenvalue weighted by Crippen LogP contribution is 2.38. The standard InChI is InChI=1S/C25H38ClF2N2O4PS/c1-24(2,3)34-23(31)29-13-9-18(10-14-29)5-4-6-19-11-15-30(16-12-19)36(32,33)22-17-20(25(27,28)35)7-8-21(22)26/h7-8,17-19H,4-6,9-16,35H2,1-3H3. The first-order chi connectivity index (χ1) is 16.7. The van der Waals surface area contributed by atoms with E-state index in [0.29, 0.717) is 24.9 Å². The van der Waals surface area contributed by atoms with Gasteiger partial charge in [0.15, 0.2) is 0 Å². The van der Waals surface area contributed by atoms with Crippen molar-refractivity contribution in [2.24, 2.45) is 11.8 Å². The summed E-state index contributed by atoms with van der Waals surface area (Å²) in [6.45, 7) is 7.79. The second-order valence-corrected chi connectivity index (χ2v) is 14.0. The van der Waals surface area contributed by atoms with Crippen LogP contribution in [-0.4, -0.2) is 55.5 Å². The van der Waals surface area contributed by atoms with E-state index in [1.165, 1.54) is 19.6 Å². The van der Waals surface area contributed by atoms with Crippen LogP contribution in [0.2, 0.25) is 5.02 Å². The molecule has 2 fully saturated rings. The molecule has 2 aliphatic heterocycles. The SMILES string of the molecule is CC(C)(C)OC(=O)N1CCC(CCCC2CCN(S(=O)(=O)c3cc(C(F)(F)P)ccc3Cl)CC2)CC1. The van der Waals surface area contributed by atoms with Gasteiger partial charge in [-0.3, -0.25) is 0 Å². The van der Waals surface area contributed by atoms with E-state index in [4.69, 9.17) is 16.3 Å². The van der Waals surface area contributed by atoms with Gasteiger partial charge in [0.25, 0.3) is 5.66 Å². The number of halogens is 3. The molecule has 0 N–H and O–H groups in total. The van der Waals surface area contributed by atoms with Gasteiger partial charge in [-0.25, -0.2) is 13.2 Å². The molecule has 0 radical (unpaired) electrons.